The number of benzene rings is 1. The Bertz CT molecular complexity index is 600. The molecule has 0 aliphatic heterocycles. The van der Waals surface area contributed by atoms with Crippen LogP contribution < -0.4 is 5.73 Å². The van der Waals surface area contributed by atoms with E-state index in [1.807, 2.05) is 20.8 Å². The number of hydrogen-bond donors (Lipinski definition) is 1. The molecule has 0 fully saturated rings. The second kappa shape index (κ2) is 4.29. The maximum atomic E-state index is 12.1. The van der Waals surface area contributed by atoms with Crippen molar-refractivity contribution in [3.63, 3.8) is 0 Å². The lowest BCUT2D eigenvalue weighted by atomic mass is 10.0. The van der Waals surface area contributed by atoms with Gasteiger partial charge in [0.2, 0.25) is 0 Å². The number of hydrogen-bond acceptors (Lipinski definition) is 4. The zero-order valence-electron chi connectivity index (χ0n) is 10.7. The molecule has 1 aromatic heterocycles. The SMILES string of the molecule is CC(C)(C)OC(=O)c1ccc(N)c2cnccc12. The number of anilines is 1. The van der Waals surface area contributed by atoms with Gasteiger partial charge in [0.25, 0.3) is 0 Å². The Morgan fingerprint density at radius 3 is 2.61 bits per heavy atom. The fourth-order valence-electron chi connectivity index (χ4n) is 1.72. The van der Waals surface area contributed by atoms with E-state index >= 15 is 0 Å². The number of nitrogens with zero attached hydrogens (tertiary/aromatic N) is 1. The maximum absolute atomic E-state index is 12.1. The Morgan fingerprint density at radius 2 is 1.94 bits per heavy atom. The number of ether oxygens (including phenoxy) is 1. The summed E-state index contributed by atoms with van der Waals surface area (Å²) in [7, 11) is 0. The Morgan fingerprint density at radius 1 is 1.22 bits per heavy atom. The van der Waals surface area contributed by atoms with E-state index in [2.05, 4.69) is 4.98 Å². The van der Waals surface area contributed by atoms with Crippen LogP contribution in [0.15, 0.2) is 30.6 Å². The number of nitrogens with two attached hydrogens (primary N) is 1. The zero-order valence-corrected chi connectivity index (χ0v) is 10.7. The molecule has 0 aliphatic carbocycles. The number of pyridine rings is 1. The van der Waals surface area contributed by atoms with Crippen LogP contribution in [0.25, 0.3) is 10.8 Å². The molecule has 2 aromatic rings. The molecular formula is C14H16N2O2. The topological polar surface area (TPSA) is 65.2 Å². The summed E-state index contributed by atoms with van der Waals surface area (Å²) in [5.41, 5.74) is 6.46. The number of aromatic nitrogens is 1. The first-order valence-corrected chi connectivity index (χ1v) is 5.74. The third-order valence-electron chi connectivity index (χ3n) is 2.47. The highest BCUT2D eigenvalue weighted by Gasteiger charge is 2.19. The van der Waals surface area contributed by atoms with Crippen molar-refractivity contribution >= 4 is 22.4 Å². The van der Waals surface area contributed by atoms with Crippen molar-refractivity contribution in [1.82, 2.24) is 4.98 Å². The fourth-order valence-corrected chi connectivity index (χ4v) is 1.72. The van der Waals surface area contributed by atoms with E-state index in [0.717, 1.165) is 10.8 Å². The van der Waals surface area contributed by atoms with Crippen LogP contribution in [-0.2, 0) is 4.74 Å². The summed E-state index contributed by atoms with van der Waals surface area (Å²) in [6, 6.07) is 5.15. The minimum atomic E-state index is -0.516. The molecule has 0 saturated heterocycles. The van der Waals surface area contributed by atoms with Crippen LogP contribution in [0.5, 0.6) is 0 Å². The molecule has 0 aliphatic rings. The Labute approximate surface area is 106 Å². The van der Waals surface area contributed by atoms with Crippen molar-refractivity contribution in [3.8, 4) is 0 Å². The van der Waals surface area contributed by atoms with Gasteiger partial charge in [-0.2, -0.15) is 0 Å². The second-order valence-corrected chi connectivity index (χ2v) is 5.13. The van der Waals surface area contributed by atoms with Gasteiger partial charge in [-0.1, -0.05) is 0 Å². The van der Waals surface area contributed by atoms with E-state index in [-0.39, 0.29) is 5.97 Å². The van der Waals surface area contributed by atoms with Crippen molar-refractivity contribution in [1.29, 1.82) is 0 Å². The summed E-state index contributed by atoms with van der Waals surface area (Å²) in [6.07, 6.45) is 3.29. The molecule has 2 rings (SSSR count). The molecule has 4 heteroatoms. The predicted octanol–water partition coefficient (Wildman–Crippen LogP) is 2.77. The molecule has 0 spiro atoms. The van der Waals surface area contributed by atoms with Crippen LogP contribution in [-0.4, -0.2) is 16.6 Å². The van der Waals surface area contributed by atoms with Crippen LogP contribution in [0.1, 0.15) is 31.1 Å². The molecule has 0 saturated carbocycles. The molecule has 0 bridgehead atoms. The molecule has 0 unspecified atom stereocenters. The molecular weight excluding hydrogens is 228 g/mol. The van der Waals surface area contributed by atoms with E-state index < -0.39 is 5.60 Å². The number of fused-ring (bicyclic) bond motifs is 1. The van der Waals surface area contributed by atoms with Crippen molar-refractivity contribution in [3.05, 3.63) is 36.2 Å². The minimum absolute atomic E-state index is 0.348. The van der Waals surface area contributed by atoms with E-state index in [9.17, 15) is 4.79 Å². The van der Waals surface area contributed by atoms with Gasteiger partial charge in [0.1, 0.15) is 5.60 Å². The predicted molar refractivity (Wildman–Crippen MR) is 71.3 cm³/mol. The average molecular weight is 244 g/mol. The van der Waals surface area contributed by atoms with Crippen molar-refractivity contribution in [2.24, 2.45) is 0 Å². The summed E-state index contributed by atoms with van der Waals surface area (Å²) < 4.78 is 5.37. The largest absolute Gasteiger partial charge is 0.456 e. The summed E-state index contributed by atoms with van der Waals surface area (Å²) in [5.74, 6) is -0.348. The molecule has 0 atom stereocenters. The van der Waals surface area contributed by atoms with E-state index in [4.69, 9.17) is 10.5 Å². The van der Waals surface area contributed by atoms with Crippen LogP contribution >= 0.6 is 0 Å². The Hall–Kier alpha value is -2.10. The van der Waals surface area contributed by atoms with Crippen LogP contribution in [0.4, 0.5) is 5.69 Å². The maximum Gasteiger partial charge on any atom is 0.339 e. The van der Waals surface area contributed by atoms with Crippen LogP contribution in [0, 0.1) is 0 Å². The number of rotatable bonds is 1. The normalized spacial score (nSPS) is 11.5. The fraction of sp³-hybridized carbons (Fsp3) is 0.286. The molecule has 0 radical (unpaired) electrons. The molecule has 18 heavy (non-hydrogen) atoms. The monoisotopic (exact) mass is 244 g/mol. The Balaban J connectivity index is 2.52. The third-order valence-corrected chi connectivity index (χ3v) is 2.47. The lowest BCUT2D eigenvalue weighted by molar-refractivity contribution is 0.00719. The van der Waals surface area contributed by atoms with Crippen molar-refractivity contribution < 1.29 is 9.53 Å². The van der Waals surface area contributed by atoms with E-state index in [1.54, 1.807) is 30.6 Å². The van der Waals surface area contributed by atoms with Gasteiger partial charge in [-0.25, -0.2) is 4.79 Å². The smallest absolute Gasteiger partial charge is 0.339 e. The van der Waals surface area contributed by atoms with Gasteiger partial charge in [-0.15, -0.1) is 0 Å². The second-order valence-electron chi connectivity index (χ2n) is 5.13. The molecule has 2 N–H and O–H groups in total. The first kappa shape index (κ1) is 12.4. The minimum Gasteiger partial charge on any atom is -0.456 e. The Kier molecular flexibility index (Phi) is 2.95. The van der Waals surface area contributed by atoms with Crippen molar-refractivity contribution in [2.45, 2.75) is 26.4 Å². The third kappa shape index (κ3) is 2.42. The zero-order chi connectivity index (χ0) is 13.3. The lowest BCUT2D eigenvalue weighted by Crippen LogP contribution is -2.24. The molecule has 0 amide bonds. The molecule has 4 nitrogen and oxygen atoms in total. The van der Waals surface area contributed by atoms with Crippen LogP contribution in [0.2, 0.25) is 0 Å². The quantitative estimate of drug-likeness (QED) is 0.618. The lowest BCUT2D eigenvalue weighted by Gasteiger charge is -2.20. The number of nitrogen functional groups attached to an aromatic ring is 1. The van der Waals surface area contributed by atoms with Gasteiger partial charge in [-0.05, 0) is 39.0 Å². The van der Waals surface area contributed by atoms with Gasteiger partial charge in [0.05, 0.1) is 5.56 Å². The summed E-state index contributed by atoms with van der Waals surface area (Å²) in [5, 5.41) is 1.53. The molecule has 1 heterocycles. The standard InChI is InChI=1S/C14H16N2O2/c1-14(2,3)18-13(17)10-4-5-12(15)11-8-16-7-6-9(10)11/h4-8H,15H2,1-3H3. The highest BCUT2D eigenvalue weighted by atomic mass is 16.6. The van der Waals surface area contributed by atoms with Gasteiger partial charge < -0.3 is 10.5 Å². The van der Waals surface area contributed by atoms with Crippen molar-refractivity contribution in [2.75, 3.05) is 5.73 Å². The molecule has 1 aromatic carbocycles. The number of esters is 1. The highest BCUT2D eigenvalue weighted by Crippen LogP contribution is 2.25. The average Bonchev–Trinajstić information content (AvgIpc) is 2.27. The van der Waals surface area contributed by atoms with Gasteiger partial charge in [-0.3, -0.25) is 4.98 Å². The summed E-state index contributed by atoms with van der Waals surface area (Å²) in [4.78, 5) is 16.1. The summed E-state index contributed by atoms with van der Waals surface area (Å²) >= 11 is 0. The van der Waals surface area contributed by atoms with E-state index in [0.29, 0.717) is 11.3 Å². The van der Waals surface area contributed by atoms with Gasteiger partial charge in [0.15, 0.2) is 0 Å². The summed E-state index contributed by atoms with van der Waals surface area (Å²) in [6.45, 7) is 5.52. The number of carbonyl (C=O) groups excluding carboxylic acids is 1. The van der Waals surface area contributed by atoms with Crippen LogP contribution in [0.3, 0.4) is 0 Å². The number of carbonyl (C=O) groups is 1. The van der Waals surface area contributed by atoms with Gasteiger partial charge in [0, 0.05) is 28.9 Å². The highest BCUT2D eigenvalue weighted by molar-refractivity contribution is 6.07. The molecule has 94 valence electrons. The first-order chi connectivity index (χ1) is 8.38. The van der Waals surface area contributed by atoms with Gasteiger partial charge >= 0.3 is 5.97 Å². The first-order valence-electron chi connectivity index (χ1n) is 5.74. The van der Waals surface area contributed by atoms with E-state index in [1.165, 1.54) is 0 Å².